The Kier molecular flexibility index (Phi) is 4.04. The normalized spacial score (nSPS) is 11.2. The summed E-state index contributed by atoms with van der Waals surface area (Å²) >= 11 is 0. The van der Waals surface area contributed by atoms with Crippen LogP contribution in [0.3, 0.4) is 0 Å². The Morgan fingerprint density at radius 2 is 2.00 bits per heavy atom. The largest absolute Gasteiger partial charge is 0.382 e. The maximum absolute atomic E-state index is 11.2. The zero-order valence-corrected chi connectivity index (χ0v) is 7.26. The first-order valence-electron chi connectivity index (χ1n) is 3.97. The standard InChI is InChI=1S/C9H16O2/c1-4-7-8(10)9(11,5-2)6-3/h4,11H,1,5-7H2,2-3H3. The minimum atomic E-state index is -1.12. The van der Waals surface area contributed by atoms with Gasteiger partial charge in [0.2, 0.25) is 0 Å². The Labute approximate surface area is 67.9 Å². The van der Waals surface area contributed by atoms with E-state index in [-0.39, 0.29) is 12.2 Å². The molecule has 0 spiro atoms. The molecule has 0 unspecified atom stereocenters. The summed E-state index contributed by atoms with van der Waals surface area (Å²) in [5.41, 5.74) is -1.12. The van der Waals surface area contributed by atoms with Gasteiger partial charge < -0.3 is 5.11 Å². The van der Waals surface area contributed by atoms with E-state index in [0.717, 1.165) is 0 Å². The Morgan fingerprint density at radius 3 is 2.27 bits per heavy atom. The topological polar surface area (TPSA) is 37.3 Å². The molecule has 0 heterocycles. The second-order valence-corrected chi connectivity index (χ2v) is 2.65. The van der Waals surface area contributed by atoms with Gasteiger partial charge in [-0.2, -0.15) is 0 Å². The lowest BCUT2D eigenvalue weighted by Crippen LogP contribution is -2.36. The molecule has 0 aliphatic heterocycles. The molecule has 2 heteroatoms. The third-order valence-electron chi connectivity index (χ3n) is 2.02. The first-order valence-corrected chi connectivity index (χ1v) is 3.97. The molecule has 0 saturated heterocycles. The van der Waals surface area contributed by atoms with Crippen LogP contribution >= 0.6 is 0 Å². The summed E-state index contributed by atoms with van der Waals surface area (Å²) in [6.45, 7) is 7.07. The third-order valence-corrected chi connectivity index (χ3v) is 2.02. The summed E-state index contributed by atoms with van der Waals surface area (Å²) in [4.78, 5) is 11.2. The van der Waals surface area contributed by atoms with Crippen LogP contribution in [0.25, 0.3) is 0 Å². The van der Waals surface area contributed by atoms with E-state index in [4.69, 9.17) is 0 Å². The summed E-state index contributed by atoms with van der Waals surface area (Å²) < 4.78 is 0. The molecule has 64 valence electrons. The number of hydrogen-bond donors (Lipinski definition) is 1. The average Bonchev–Trinajstić information content (AvgIpc) is 2.03. The highest BCUT2D eigenvalue weighted by molar-refractivity contribution is 5.87. The Bertz CT molecular complexity index is 146. The highest BCUT2D eigenvalue weighted by Gasteiger charge is 2.29. The number of aliphatic hydroxyl groups is 1. The summed E-state index contributed by atoms with van der Waals surface area (Å²) in [5.74, 6) is -0.127. The molecule has 0 amide bonds. The minimum absolute atomic E-state index is 0.127. The van der Waals surface area contributed by atoms with E-state index in [1.54, 1.807) is 0 Å². The van der Waals surface area contributed by atoms with Crippen LogP contribution < -0.4 is 0 Å². The summed E-state index contributed by atoms with van der Waals surface area (Å²) in [6.07, 6.45) is 2.75. The molecule has 0 aromatic rings. The zero-order valence-electron chi connectivity index (χ0n) is 7.26. The molecule has 0 bridgehead atoms. The van der Waals surface area contributed by atoms with Gasteiger partial charge in [-0.1, -0.05) is 19.9 Å². The van der Waals surface area contributed by atoms with Gasteiger partial charge in [0, 0.05) is 6.42 Å². The predicted octanol–water partition coefficient (Wildman–Crippen LogP) is 1.68. The molecule has 0 aromatic heterocycles. The van der Waals surface area contributed by atoms with Crippen molar-refractivity contribution < 1.29 is 9.90 Å². The van der Waals surface area contributed by atoms with E-state index >= 15 is 0 Å². The molecule has 0 fully saturated rings. The SMILES string of the molecule is C=CCC(=O)C(O)(CC)CC. The van der Waals surface area contributed by atoms with Gasteiger partial charge >= 0.3 is 0 Å². The number of Topliss-reactive ketones (excluding diaryl/α,β-unsaturated/α-hetero) is 1. The van der Waals surface area contributed by atoms with Gasteiger partial charge in [-0.25, -0.2) is 0 Å². The number of allylic oxidation sites excluding steroid dienone is 1. The quantitative estimate of drug-likeness (QED) is 0.615. The molecule has 1 N–H and O–H groups in total. The highest BCUT2D eigenvalue weighted by Crippen LogP contribution is 2.17. The summed E-state index contributed by atoms with van der Waals surface area (Å²) in [6, 6.07) is 0. The summed E-state index contributed by atoms with van der Waals surface area (Å²) in [7, 11) is 0. The van der Waals surface area contributed by atoms with Gasteiger partial charge in [-0.15, -0.1) is 6.58 Å². The number of carbonyl (C=O) groups is 1. The Morgan fingerprint density at radius 1 is 1.55 bits per heavy atom. The van der Waals surface area contributed by atoms with Crippen LogP contribution in [0.4, 0.5) is 0 Å². The zero-order chi connectivity index (χ0) is 8.91. The fourth-order valence-corrected chi connectivity index (χ4v) is 0.965. The van der Waals surface area contributed by atoms with Gasteiger partial charge in [0.1, 0.15) is 5.60 Å². The summed E-state index contributed by atoms with van der Waals surface area (Å²) in [5, 5.41) is 9.63. The van der Waals surface area contributed by atoms with Crippen molar-refractivity contribution in [2.75, 3.05) is 0 Å². The number of rotatable bonds is 5. The Hall–Kier alpha value is -0.630. The van der Waals surface area contributed by atoms with Gasteiger partial charge in [-0.05, 0) is 12.8 Å². The van der Waals surface area contributed by atoms with E-state index in [1.807, 2.05) is 13.8 Å². The van der Waals surface area contributed by atoms with Gasteiger partial charge in [-0.3, -0.25) is 4.79 Å². The number of hydrogen-bond acceptors (Lipinski definition) is 2. The maximum Gasteiger partial charge on any atom is 0.168 e. The highest BCUT2D eigenvalue weighted by atomic mass is 16.3. The van der Waals surface area contributed by atoms with E-state index in [9.17, 15) is 9.90 Å². The van der Waals surface area contributed by atoms with Crippen molar-refractivity contribution in [1.29, 1.82) is 0 Å². The molecular weight excluding hydrogens is 140 g/mol. The lowest BCUT2D eigenvalue weighted by molar-refractivity contribution is -0.137. The molecule has 2 nitrogen and oxygen atoms in total. The van der Waals surface area contributed by atoms with Crippen molar-refractivity contribution >= 4 is 5.78 Å². The van der Waals surface area contributed by atoms with E-state index in [1.165, 1.54) is 6.08 Å². The van der Waals surface area contributed by atoms with E-state index in [0.29, 0.717) is 12.8 Å². The van der Waals surface area contributed by atoms with Crippen LogP contribution in [0.2, 0.25) is 0 Å². The fourth-order valence-electron chi connectivity index (χ4n) is 0.965. The molecule has 0 saturated carbocycles. The average molecular weight is 156 g/mol. The third kappa shape index (κ3) is 2.46. The minimum Gasteiger partial charge on any atom is -0.382 e. The van der Waals surface area contributed by atoms with Gasteiger partial charge in [0.25, 0.3) is 0 Å². The molecule has 0 aromatic carbocycles. The van der Waals surface area contributed by atoms with Crippen molar-refractivity contribution in [3.63, 3.8) is 0 Å². The fraction of sp³-hybridized carbons (Fsp3) is 0.667. The molecular formula is C9H16O2. The van der Waals surface area contributed by atoms with Gasteiger partial charge in [0.15, 0.2) is 5.78 Å². The smallest absolute Gasteiger partial charge is 0.168 e. The first kappa shape index (κ1) is 10.4. The Balaban J connectivity index is 4.23. The monoisotopic (exact) mass is 156 g/mol. The van der Waals surface area contributed by atoms with Crippen LogP contribution in [0.5, 0.6) is 0 Å². The molecule has 0 rings (SSSR count). The predicted molar refractivity (Wildman–Crippen MR) is 45.4 cm³/mol. The van der Waals surface area contributed by atoms with Crippen LogP contribution in [0, 0.1) is 0 Å². The van der Waals surface area contributed by atoms with Crippen LogP contribution in [-0.4, -0.2) is 16.5 Å². The second kappa shape index (κ2) is 4.29. The lowest BCUT2D eigenvalue weighted by atomic mass is 9.90. The van der Waals surface area contributed by atoms with Crippen molar-refractivity contribution in [3.05, 3.63) is 12.7 Å². The molecule has 0 radical (unpaired) electrons. The van der Waals surface area contributed by atoms with E-state index < -0.39 is 5.60 Å². The molecule has 0 aliphatic carbocycles. The van der Waals surface area contributed by atoms with Gasteiger partial charge in [0.05, 0.1) is 0 Å². The molecule has 0 aliphatic rings. The van der Waals surface area contributed by atoms with E-state index in [2.05, 4.69) is 6.58 Å². The van der Waals surface area contributed by atoms with Crippen molar-refractivity contribution in [2.24, 2.45) is 0 Å². The lowest BCUT2D eigenvalue weighted by Gasteiger charge is -2.22. The molecule has 11 heavy (non-hydrogen) atoms. The second-order valence-electron chi connectivity index (χ2n) is 2.65. The van der Waals surface area contributed by atoms with Crippen LogP contribution in [0.15, 0.2) is 12.7 Å². The van der Waals surface area contributed by atoms with Crippen molar-refractivity contribution in [2.45, 2.75) is 38.7 Å². The number of carbonyl (C=O) groups excluding carboxylic acids is 1. The van der Waals surface area contributed by atoms with Crippen LogP contribution in [-0.2, 0) is 4.79 Å². The molecule has 0 atom stereocenters. The van der Waals surface area contributed by atoms with Crippen molar-refractivity contribution in [3.8, 4) is 0 Å². The number of ketones is 1. The maximum atomic E-state index is 11.2. The first-order chi connectivity index (χ1) is 5.10. The van der Waals surface area contributed by atoms with Crippen LogP contribution in [0.1, 0.15) is 33.1 Å². The van der Waals surface area contributed by atoms with Crippen molar-refractivity contribution in [1.82, 2.24) is 0 Å².